The number of anilines is 4. The van der Waals surface area contributed by atoms with Crippen LogP contribution in [0, 0.1) is 18.6 Å². The van der Waals surface area contributed by atoms with Gasteiger partial charge in [-0.3, -0.25) is 14.4 Å². The number of carbonyl (C=O) groups is 1. The Labute approximate surface area is 182 Å². The van der Waals surface area contributed by atoms with Gasteiger partial charge in [0.2, 0.25) is 0 Å². The van der Waals surface area contributed by atoms with Crippen LogP contribution in [0.4, 0.5) is 31.1 Å². The van der Waals surface area contributed by atoms with Gasteiger partial charge in [0.25, 0.3) is 5.91 Å². The molecule has 0 aliphatic carbocycles. The molecule has 4 rings (SSSR count). The van der Waals surface area contributed by atoms with Crippen LogP contribution in [-0.4, -0.2) is 46.3 Å². The summed E-state index contributed by atoms with van der Waals surface area (Å²) in [5, 5.41) is 9.46. The molecule has 0 radical (unpaired) electrons. The molecule has 8 nitrogen and oxygen atoms in total. The lowest BCUT2D eigenvalue weighted by Gasteiger charge is -2.37. The lowest BCUT2D eigenvalue weighted by molar-refractivity contribution is 0.0993. The van der Waals surface area contributed by atoms with Crippen LogP contribution in [0.2, 0.25) is 0 Å². The molecular formula is C20H23F2N7OS. The maximum absolute atomic E-state index is 14.9. The van der Waals surface area contributed by atoms with Gasteiger partial charge in [0, 0.05) is 38.1 Å². The molecule has 3 aromatic rings. The fourth-order valence-corrected chi connectivity index (χ4v) is 4.43. The zero-order valence-corrected chi connectivity index (χ0v) is 18.2. The highest BCUT2D eigenvalue weighted by molar-refractivity contribution is 7.13. The van der Waals surface area contributed by atoms with Crippen molar-refractivity contribution in [1.82, 2.24) is 20.1 Å². The first kappa shape index (κ1) is 21.2. The zero-order chi connectivity index (χ0) is 22.3. The van der Waals surface area contributed by atoms with E-state index in [-0.39, 0.29) is 16.9 Å². The molecule has 0 bridgehead atoms. The van der Waals surface area contributed by atoms with Gasteiger partial charge in [-0.05, 0) is 26.0 Å². The van der Waals surface area contributed by atoms with Gasteiger partial charge >= 0.3 is 0 Å². The summed E-state index contributed by atoms with van der Waals surface area (Å²) in [7, 11) is 1.75. The number of hydrogen-bond acceptors (Lipinski definition) is 7. The number of para-hydroxylation sites is 1. The second-order valence-electron chi connectivity index (χ2n) is 7.41. The Kier molecular flexibility index (Phi) is 5.63. The fraction of sp³-hybridized carbons (Fsp3) is 0.350. The molecule has 3 N–H and O–H groups in total. The van der Waals surface area contributed by atoms with Crippen LogP contribution in [0.3, 0.4) is 0 Å². The topological polar surface area (TPSA) is 92.3 Å². The molecule has 164 valence electrons. The Morgan fingerprint density at radius 2 is 2.03 bits per heavy atom. The normalized spacial score (nSPS) is 16.5. The Morgan fingerprint density at radius 1 is 1.32 bits per heavy atom. The number of amides is 1. The number of hydrogen-bond donors (Lipinski definition) is 2. The predicted molar refractivity (Wildman–Crippen MR) is 117 cm³/mol. The maximum atomic E-state index is 14.9. The van der Waals surface area contributed by atoms with Crippen molar-refractivity contribution in [3.8, 4) is 0 Å². The third-order valence-corrected chi connectivity index (χ3v) is 5.94. The van der Waals surface area contributed by atoms with Crippen LogP contribution >= 0.6 is 11.3 Å². The van der Waals surface area contributed by atoms with Crippen LogP contribution in [-0.2, 0) is 7.05 Å². The summed E-state index contributed by atoms with van der Waals surface area (Å²) in [4.78, 5) is 20.7. The summed E-state index contributed by atoms with van der Waals surface area (Å²) in [6.07, 6.45) is 0. The largest absolute Gasteiger partial charge is 0.375 e. The van der Waals surface area contributed by atoms with Gasteiger partial charge in [0.05, 0.1) is 5.69 Å². The van der Waals surface area contributed by atoms with E-state index in [1.807, 2.05) is 6.92 Å². The van der Waals surface area contributed by atoms with Crippen molar-refractivity contribution in [2.24, 2.45) is 7.05 Å². The zero-order valence-electron chi connectivity index (χ0n) is 17.4. The molecule has 3 heterocycles. The van der Waals surface area contributed by atoms with Crippen molar-refractivity contribution < 1.29 is 13.6 Å². The maximum Gasteiger partial charge on any atom is 0.282 e. The number of nitrogens with zero attached hydrogens (tertiary/aromatic N) is 5. The summed E-state index contributed by atoms with van der Waals surface area (Å²) in [5.41, 5.74) is 6.02. The number of thiazole rings is 1. The highest BCUT2D eigenvalue weighted by Crippen LogP contribution is 2.41. The summed E-state index contributed by atoms with van der Waals surface area (Å²) in [6.45, 7) is 5.86. The second-order valence-corrected chi connectivity index (χ2v) is 8.30. The molecule has 0 unspecified atom stereocenters. The van der Waals surface area contributed by atoms with Crippen LogP contribution < -0.4 is 20.9 Å². The fourth-order valence-electron chi connectivity index (χ4n) is 3.89. The van der Waals surface area contributed by atoms with E-state index in [4.69, 9.17) is 5.73 Å². The molecule has 31 heavy (non-hydrogen) atoms. The van der Waals surface area contributed by atoms with Gasteiger partial charge in [0.15, 0.2) is 10.9 Å². The molecule has 1 atom stereocenters. The van der Waals surface area contributed by atoms with Gasteiger partial charge in [-0.15, -0.1) is 11.3 Å². The van der Waals surface area contributed by atoms with Gasteiger partial charge in [-0.2, -0.15) is 5.10 Å². The molecule has 2 aromatic heterocycles. The van der Waals surface area contributed by atoms with E-state index in [0.29, 0.717) is 23.7 Å². The smallest absolute Gasteiger partial charge is 0.282 e. The minimum atomic E-state index is -0.862. The van der Waals surface area contributed by atoms with Crippen molar-refractivity contribution in [1.29, 1.82) is 0 Å². The van der Waals surface area contributed by atoms with Crippen molar-refractivity contribution in [3.63, 3.8) is 0 Å². The lowest BCUT2D eigenvalue weighted by Crippen LogP contribution is -2.51. The number of nitrogens with one attached hydrogen (secondary N) is 1. The number of rotatable bonds is 4. The SMILES string of the molecule is Cc1nn(C)c(N2CCNC[C@@H]2C)c1N(C(=O)c1csc(N)n1)c1c(F)cccc1F. The highest BCUT2D eigenvalue weighted by atomic mass is 32.1. The number of benzene rings is 1. The first-order valence-electron chi connectivity index (χ1n) is 9.80. The van der Waals surface area contributed by atoms with Gasteiger partial charge < -0.3 is 16.0 Å². The summed E-state index contributed by atoms with van der Waals surface area (Å²) in [6, 6.07) is 3.58. The molecule has 0 spiro atoms. The molecule has 1 aromatic carbocycles. The Bertz CT molecular complexity index is 1110. The molecule has 1 saturated heterocycles. The number of piperazine rings is 1. The minimum absolute atomic E-state index is 0.00714. The Balaban J connectivity index is 1.96. The second kappa shape index (κ2) is 8.23. The lowest BCUT2D eigenvalue weighted by atomic mass is 10.1. The van der Waals surface area contributed by atoms with E-state index in [2.05, 4.69) is 20.3 Å². The standard InChI is InChI=1S/C20H23F2N7OS/c1-11-9-24-7-8-28(11)18-16(12(2)26-27(18)3)29(17-13(21)5-4-6-14(17)22)19(30)15-10-31-20(23)25-15/h4-6,10-11,24H,7-9H2,1-3H3,(H2,23,25)/t11-/m0/s1. The van der Waals surface area contributed by atoms with Crippen molar-refractivity contribution in [2.75, 3.05) is 35.2 Å². The molecule has 1 aliphatic heterocycles. The first-order chi connectivity index (χ1) is 14.8. The Morgan fingerprint density at radius 3 is 2.65 bits per heavy atom. The quantitative estimate of drug-likeness (QED) is 0.639. The van der Waals surface area contributed by atoms with E-state index in [1.54, 1.807) is 18.7 Å². The third kappa shape index (κ3) is 3.74. The van der Waals surface area contributed by atoms with E-state index in [0.717, 1.165) is 41.5 Å². The molecule has 1 amide bonds. The number of nitrogen functional groups attached to an aromatic ring is 1. The van der Waals surface area contributed by atoms with E-state index in [9.17, 15) is 13.6 Å². The molecule has 0 saturated carbocycles. The number of aryl methyl sites for hydroxylation is 2. The van der Waals surface area contributed by atoms with Crippen LogP contribution in [0.1, 0.15) is 23.1 Å². The Hall–Kier alpha value is -3.05. The van der Waals surface area contributed by atoms with E-state index >= 15 is 0 Å². The van der Waals surface area contributed by atoms with Crippen molar-refractivity contribution in [2.45, 2.75) is 19.9 Å². The number of aromatic nitrogens is 3. The van der Waals surface area contributed by atoms with Crippen molar-refractivity contribution >= 4 is 39.6 Å². The summed E-state index contributed by atoms with van der Waals surface area (Å²) in [5.74, 6) is -1.80. The van der Waals surface area contributed by atoms with Gasteiger partial charge in [-0.25, -0.2) is 13.8 Å². The van der Waals surface area contributed by atoms with Crippen molar-refractivity contribution in [3.05, 3.63) is 46.6 Å². The predicted octanol–water partition coefficient (Wildman–Crippen LogP) is 2.82. The van der Waals surface area contributed by atoms with E-state index in [1.165, 1.54) is 11.4 Å². The third-order valence-electron chi connectivity index (χ3n) is 5.26. The van der Waals surface area contributed by atoms with Gasteiger partial charge in [-0.1, -0.05) is 6.07 Å². The number of carbonyl (C=O) groups excluding carboxylic acids is 1. The molecule has 11 heteroatoms. The van der Waals surface area contributed by atoms with Crippen LogP contribution in [0.15, 0.2) is 23.6 Å². The molecule has 1 fully saturated rings. The molecular weight excluding hydrogens is 424 g/mol. The average molecular weight is 448 g/mol. The monoisotopic (exact) mass is 447 g/mol. The highest BCUT2D eigenvalue weighted by Gasteiger charge is 2.35. The van der Waals surface area contributed by atoms with Crippen LogP contribution in [0.5, 0.6) is 0 Å². The number of nitrogens with two attached hydrogens (primary N) is 1. The van der Waals surface area contributed by atoms with Crippen LogP contribution in [0.25, 0.3) is 0 Å². The summed E-state index contributed by atoms with van der Waals surface area (Å²) < 4.78 is 31.5. The van der Waals surface area contributed by atoms with Gasteiger partial charge in [0.1, 0.15) is 28.7 Å². The summed E-state index contributed by atoms with van der Waals surface area (Å²) >= 11 is 1.08. The molecule has 1 aliphatic rings. The number of halogens is 2. The minimum Gasteiger partial charge on any atom is -0.375 e. The van der Waals surface area contributed by atoms with E-state index < -0.39 is 23.2 Å². The first-order valence-corrected chi connectivity index (χ1v) is 10.7. The average Bonchev–Trinajstić information content (AvgIpc) is 3.27.